The minimum atomic E-state index is -0.932. The SMILES string of the molecule is C=CCN(CC(=O)O)CC(=O)N(CC(C)C)CC(C)C. The Labute approximate surface area is 122 Å². The van der Waals surface area contributed by atoms with Crippen molar-refractivity contribution in [1.29, 1.82) is 0 Å². The molecular formula is C15H28N2O3. The second-order valence-electron chi connectivity index (χ2n) is 5.94. The summed E-state index contributed by atoms with van der Waals surface area (Å²) in [5.74, 6) is -0.163. The average molecular weight is 284 g/mol. The zero-order chi connectivity index (χ0) is 15.7. The van der Waals surface area contributed by atoms with Crippen molar-refractivity contribution in [3.8, 4) is 0 Å². The molecule has 0 aromatic heterocycles. The van der Waals surface area contributed by atoms with Crippen LogP contribution in [0.3, 0.4) is 0 Å². The van der Waals surface area contributed by atoms with E-state index in [1.54, 1.807) is 11.0 Å². The molecule has 0 unspecified atom stereocenters. The second kappa shape index (κ2) is 9.53. The van der Waals surface area contributed by atoms with Crippen molar-refractivity contribution in [3.63, 3.8) is 0 Å². The molecule has 0 aliphatic heterocycles. The first-order valence-electron chi connectivity index (χ1n) is 7.09. The predicted octanol–water partition coefficient (Wildman–Crippen LogP) is 1.70. The zero-order valence-corrected chi connectivity index (χ0v) is 13.1. The Kier molecular flexibility index (Phi) is 8.88. The molecule has 0 aliphatic carbocycles. The Morgan fingerprint density at radius 3 is 1.95 bits per heavy atom. The van der Waals surface area contributed by atoms with Crippen molar-refractivity contribution in [2.45, 2.75) is 27.7 Å². The number of hydrogen-bond acceptors (Lipinski definition) is 3. The Balaban J connectivity index is 4.67. The molecule has 20 heavy (non-hydrogen) atoms. The maximum atomic E-state index is 12.3. The van der Waals surface area contributed by atoms with Gasteiger partial charge in [0.15, 0.2) is 0 Å². The Morgan fingerprint density at radius 2 is 1.60 bits per heavy atom. The fourth-order valence-electron chi connectivity index (χ4n) is 2.01. The quantitative estimate of drug-likeness (QED) is 0.620. The third kappa shape index (κ3) is 8.69. The van der Waals surface area contributed by atoms with Crippen molar-refractivity contribution in [3.05, 3.63) is 12.7 Å². The summed E-state index contributed by atoms with van der Waals surface area (Å²) in [5.41, 5.74) is 0. The van der Waals surface area contributed by atoms with Gasteiger partial charge in [-0.15, -0.1) is 6.58 Å². The number of carboxylic acid groups (broad SMARTS) is 1. The fourth-order valence-corrected chi connectivity index (χ4v) is 2.01. The van der Waals surface area contributed by atoms with Crippen LogP contribution >= 0.6 is 0 Å². The first-order valence-corrected chi connectivity index (χ1v) is 7.09. The molecule has 0 aliphatic rings. The molecule has 0 aromatic rings. The van der Waals surface area contributed by atoms with E-state index in [1.165, 1.54) is 0 Å². The van der Waals surface area contributed by atoms with Gasteiger partial charge in [-0.3, -0.25) is 14.5 Å². The summed E-state index contributed by atoms with van der Waals surface area (Å²) < 4.78 is 0. The molecule has 0 fully saturated rings. The van der Waals surface area contributed by atoms with Crippen molar-refractivity contribution in [1.82, 2.24) is 9.80 Å². The van der Waals surface area contributed by atoms with E-state index in [0.29, 0.717) is 31.5 Å². The molecule has 0 rings (SSSR count). The molecule has 0 saturated heterocycles. The summed E-state index contributed by atoms with van der Waals surface area (Å²) in [7, 11) is 0. The van der Waals surface area contributed by atoms with Crippen LogP contribution in [-0.2, 0) is 9.59 Å². The molecular weight excluding hydrogens is 256 g/mol. The lowest BCUT2D eigenvalue weighted by atomic mass is 10.1. The third-order valence-corrected chi connectivity index (χ3v) is 2.63. The van der Waals surface area contributed by atoms with Crippen LogP contribution in [0, 0.1) is 11.8 Å². The molecule has 0 radical (unpaired) electrons. The van der Waals surface area contributed by atoms with Crippen molar-refractivity contribution in [2.24, 2.45) is 11.8 Å². The molecule has 0 bridgehead atoms. The number of nitrogens with zero attached hydrogens (tertiary/aromatic N) is 2. The zero-order valence-electron chi connectivity index (χ0n) is 13.1. The molecule has 0 saturated carbocycles. The standard InChI is InChI=1S/C15H28N2O3/c1-6-7-16(11-15(19)20)10-14(18)17(8-12(2)3)9-13(4)5/h6,12-13H,1,7-11H2,2-5H3,(H,19,20). The molecule has 0 atom stereocenters. The number of rotatable bonds is 10. The number of carbonyl (C=O) groups is 2. The number of hydrogen-bond donors (Lipinski definition) is 1. The summed E-state index contributed by atoms with van der Waals surface area (Å²) in [4.78, 5) is 26.5. The summed E-state index contributed by atoms with van der Waals surface area (Å²) in [5, 5.41) is 8.85. The fraction of sp³-hybridized carbons (Fsp3) is 0.733. The lowest BCUT2D eigenvalue weighted by Crippen LogP contribution is -2.44. The predicted molar refractivity (Wildman–Crippen MR) is 80.5 cm³/mol. The van der Waals surface area contributed by atoms with E-state index in [-0.39, 0.29) is 19.0 Å². The van der Waals surface area contributed by atoms with Crippen LogP contribution < -0.4 is 0 Å². The highest BCUT2D eigenvalue weighted by molar-refractivity contribution is 5.79. The molecule has 116 valence electrons. The van der Waals surface area contributed by atoms with Gasteiger partial charge in [0.05, 0.1) is 13.1 Å². The largest absolute Gasteiger partial charge is 0.480 e. The Hall–Kier alpha value is -1.36. The molecule has 5 heteroatoms. The lowest BCUT2D eigenvalue weighted by molar-refractivity contribution is -0.139. The van der Waals surface area contributed by atoms with E-state index in [2.05, 4.69) is 34.3 Å². The van der Waals surface area contributed by atoms with Gasteiger partial charge in [-0.25, -0.2) is 0 Å². The van der Waals surface area contributed by atoms with Crippen LogP contribution in [0.1, 0.15) is 27.7 Å². The third-order valence-electron chi connectivity index (χ3n) is 2.63. The van der Waals surface area contributed by atoms with E-state index in [0.717, 1.165) is 0 Å². The first kappa shape index (κ1) is 18.6. The normalized spacial score (nSPS) is 11.2. The Morgan fingerprint density at radius 1 is 1.10 bits per heavy atom. The smallest absolute Gasteiger partial charge is 0.317 e. The van der Waals surface area contributed by atoms with Gasteiger partial charge >= 0.3 is 5.97 Å². The van der Waals surface area contributed by atoms with E-state index >= 15 is 0 Å². The van der Waals surface area contributed by atoms with Crippen LogP contribution in [0.25, 0.3) is 0 Å². The van der Waals surface area contributed by atoms with E-state index < -0.39 is 5.97 Å². The van der Waals surface area contributed by atoms with E-state index in [9.17, 15) is 9.59 Å². The van der Waals surface area contributed by atoms with Crippen LogP contribution in [0.2, 0.25) is 0 Å². The summed E-state index contributed by atoms with van der Waals surface area (Å²) >= 11 is 0. The Bertz CT molecular complexity index is 317. The molecule has 5 nitrogen and oxygen atoms in total. The van der Waals surface area contributed by atoms with Gasteiger partial charge in [0.25, 0.3) is 0 Å². The van der Waals surface area contributed by atoms with E-state index in [1.807, 2.05) is 4.90 Å². The monoisotopic (exact) mass is 284 g/mol. The number of carboxylic acids is 1. The number of carbonyl (C=O) groups excluding carboxylic acids is 1. The van der Waals surface area contributed by atoms with Crippen LogP contribution in [0.4, 0.5) is 0 Å². The lowest BCUT2D eigenvalue weighted by Gasteiger charge is -2.29. The summed E-state index contributed by atoms with van der Waals surface area (Å²) in [6.45, 7) is 13.7. The molecule has 1 N–H and O–H groups in total. The second-order valence-corrected chi connectivity index (χ2v) is 5.94. The topological polar surface area (TPSA) is 60.9 Å². The summed E-state index contributed by atoms with van der Waals surface area (Å²) in [6, 6.07) is 0. The number of aliphatic carboxylic acids is 1. The molecule has 0 spiro atoms. The molecule has 0 aromatic carbocycles. The van der Waals surface area contributed by atoms with Gasteiger partial charge < -0.3 is 10.0 Å². The van der Waals surface area contributed by atoms with Crippen LogP contribution in [-0.4, -0.2) is 59.5 Å². The van der Waals surface area contributed by atoms with Gasteiger partial charge in [0.1, 0.15) is 0 Å². The maximum absolute atomic E-state index is 12.3. The first-order chi connectivity index (χ1) is 9.26. The minimum Gasteiger partial charge on any atom is -0.480 e. The highest BCUT2D eigenvalue weighted by Crippen LogP contribution is 2.05. The molecule has 1 amide bonds. The van der Waals surface area contributed by atoms with Gasteiger partial charge in [-0.05, 0) is 11.8 Å². The van der Waals surface area contributed by atoms with E-state index in [4.69, 9.17) is 5.11 Å². The van der Waals surface area contributed by atoms with Gasteiger partial charge in [-0.1, -0.05) is 33.8 Å². The van der Waals surface area contributed by atoms with Crippen molar-refractivity contribution in [2.75, 3.05) is 32.7 Å². The maximum Gasteiger partial charge on any atom is 0.317 e. The molecule has 0 heterocycles. The highest BCUT2D eigenvalue weighted by atomic mass is 16.4. The van der Waals surface area contributed by atoms with Crippen LogP contribution in [0.15, 0.2) is 12.7 Å². The number of amides is 1. The summed E-state index contributed by atoms with van der Waals surface area (Å²) in [6.07, 6.45) is 1.62. The van der Waals surface area contributed by atoms with Crippen molar-refractivity contribution >= 4 is 11.9 Å². The minimum absolute atomic E-state index is 0.0181. The van der Waals surface area contributed by atoms with Gasteiger partial charge in [0.2, 0.25) is 5.91 Å². The van der Waals surface area contributed by atoms with Gasteiger partial charge in [-0.2, -0.15) is 0 Å². The van der Waals surface area contributed by atoms with Crippen molar-refractivity contribution < 1.29 is 14.7 Å². The highest BCUT2D eigenvalue weighted by Gasteiger charge is 2.19. The van der Waals surface area contributed by atoms with Crippen LogP contribution in [0.5, 0.6) is 0 Å². The average Bonchev–Trinajstić information content (AvgIpc) is 2.26. The van der Waals surface area contributed by atoms with Gasteiger partial charge in [0, 0.05) is 19.6 Å².